The average Bonchev–Trinajstić information content (AvgIpc) is 2.64. The molecule has 142 valence electrons. The molecule has 2 saturated heterocycles. The summed E-state index contributed by atoms with van der Waals surface area (Å²) in [5, 5.41) is 7.64. The zero-order valence-corrected chi connectivity index (χ0v) is 15.5. The molecule has 3 rings (SSSR count). The molecule has 2 aliphatic heterocycles. The van der Waals surface area contributed by atoms with Crippen LogP contribution in [-0.2, 0) is 0 Å². The van der Waals surface area contributed by atoms with Crippen LogP contribution >= 0.6 is 0 Å². The van der Waals surface area contributed by atoms with Crippen LogP contribution in [-0.4, -0.2) is 67.0 Å². The molecule has 5 N–H and O–H groups in total. The molecular weight excluding hydrogens is 328 g/mol. The van der Waals surface area contributed by atoms with Gasteiger partial charge in [-0.25, -0.2) is 4.79 Å². The third-order valence-corrected chi connectivity index (χ3v) is 5.39. The van der Waals surface area contributed by atoms with E-state index in [0.29, 0.717) is 24.6 Å². The van der Waals surface area contributed by atoms with E-state index in [-0.39, 0.29) is 17.9 Å². The summed E-state index contributed by atoms with van der Waals surface area (Å²) < 4.78 is 0. The quantitative estimate of drug-likeness (QED) is 0.545. The number of hydrogen-bond acceptors (Lipinski definition) is 4. The van der Waals surface area contributed by atoms with Gasteiger partial charge in [0.25, 0.3) is 0 Å². The van der Waals surface area contributed by atoms with Crippen LogP contribution in [0.2, 0.25) is 0 Å². The Balaban J connectivity index is 1.74. The van der Waals surface area contributed by atoms with E-state index in [9.17, 15) is 4.79 Å². The van der Waals surface area contributed by atoms with Gasteiger partial charge in [-0.1, -0.05) is 19.1 Å². The number of urea groups is 1. The van der Waals surface area contributed by atoms with Crippen LogP contribution in [0.25, 0.3) is 0 Å². The molecule has 2 amide bonds. The molecule has 0 spiro atoms. The van der Waals surface area contributed by atoms with Crippen molar-refractivity contribution < 1.29 is 4.79 Å². The van der Waals surface area contributed by atoms with Crippen LogP contribution in [0.1, 0.15) is 25.3 Å². The van der Waals surface area contributed by atoms with Crippen molar-refractivity contribution in [2.45, 2.75) is 25.8 Å². The molecule has 7 heteroatoms. The number of nitrogen functional groups attached to an aromatic ring is 1. The Labute approximate surface area is 155 Å². The molecule has 0 saturated carbocycles. The van der Waals surface area contributed by atoms with Gasteiger partial charge in [-0.3, -0.25) is 10.3 Å². The number of nitrogens with two attached hydrogens (primary N) is 2. The first kappa shape index (κ1) is 18.7. The van der Waals surface area contributed by atoms with Crippen molar-refractivity contribution >= 4 is 17.6 Å². The number of nitrogens with zero attached hydrogens (tertiary/aromatic N) is 3. The van der Waals surface area contributed by atoms with Crippen LogP contribution in [0.4, 0.5) is 10.5 Å². The van der Waals surface area contributed by atoms with Crippen molar-refractivity contribution in [1.82, 2.24) is 9.80 Å². The maximum Gasteiger partial charge on any atom is 0.324 e. The number of carbonyl (C=O) groups excluding carboxylic acids is 1. The van der Waals surface area contributed by atoms with Gasteiger partial charge in [0.2, 0.25) is 0 Å². The zero-order chi connectivity index (χ0) is 18.7. The first-order valence-electron chi connectivity index (χ1n) is 9.44. The van der Waals surface area contributed by atoms with Gasteiger partial charge in [-0.05, 0) is 30.9 Å². The molecule has 2 aliphatic rings. The van der Waals surface area contributed by atoms with Gasteiger partial charge in [-0.15, -0.1) is 0 Å². The predicted octanol–water partition coefficient (Wildman–Crippen LogP) is 1.27. The molecule has 1 aromatic carbocycles. The summed E-state index contributed by atoms with van der Waals surface area (Å²) in [6.45, 7) is 7.31. The number of hydrogen-bond donors (Lipinski definition) is 3. The minimum atomic E-state index is 0.0217. The molecule has 0 aromatic heterocycles. The summed E-state index contributed by atoms with van der Waals surface area (Å²) in [4.78, 5) is 19.5. The van der Waals surface area contributed by atoms with Gasteiger partial charge in [0.05, 0.1) is 0 Å². The molecular formula is C19H30N6O. The van der Waals surface area contributed by atoms with E-state index in [0.717, 1.165) is 44.7 Å². The number of piperidine rings is 1. The molecule has 26 heavy (non-hydrogen) atoms. The van der Waals surface area contributed by atoms with Crippen molar-refractivity contribution in [2.75, 3.05) is 44.2 Å². The van der Waals surface area contributed by atoms with Gasteiger partial charge < -0.3 is 21.3 Å². The van der Waals surface area contributed by atoms with Crippen LogP contribution in [0.3, 0.4) is 0 Å². The highest BCUT2D eigenvalue weighted by atomic mass is 16.2. The molecule has 1 aromatic rings. The Hall–Kier alpha value is -2.12. The Bertz CT molecular complexity index is 655. The van der Waals surface area contributed by atoms with Gasteiger partial charge in [0.1, 0.15) is 5.84 Å². The third kappa shape index (κ3) is 3.99. The molecule has 0 bridgehead atoms. The highest BCUT2D eigenvalue weighted by molar-refractivity contribution is 5.98. The number of likely N-dealkylation sites (tertiary alicyclic amines) is 1. The lowest BCUT2D eigenvalue weighted by Gasteiger charge is -2.45. The number of benzene rings is 1. The van der Waals surface area contributed by atoms with Gasteiger partial charge in [-0.2, -0.15) is 0 Å². The topological polar surface area (TPSA) is 103 Å². The predicted molar refractivity (Wildman–Crippen MR) is 105 cm³/mol. The van der Waals surface area contributed by atoms with Crippen molar-refractivity contribution in [3.63, 3.8) is 0 Å². The van der Waals surface area contributed by atoms with Crippen LogP contribution in [0, 0.1) is 11.3 Å². The first-order chi connectivity index (χ1) is 12.5. The Morgan fingerprint density at radius 2 is 2.00 bits per heavy atom. The highest BCUT2D eigenvalue weighted by Crippen LogP contribution is 2.27. The van der Waals surface area contributed by atoms with Crippen LogP contribution < -0.4 is 16.4 Å². The second kappa shape index (κ2) is 8.05. The maximum atomic E-state index is 13.2. The van der Waals surface area contributed by atoms with E-state index < -0.39 is 0 Å². The SMILES string of the molecule is CC1CN(c2cccc(C(=N)N)c2)C(=O)N(C2CCN(CCN)CC2)C1. The summed E-state index contributed by atoms with van der Waals surface area (Å²) in [7, 11) is 0. The Kier molecular flexibility index (Phi) is 5.78. The van der Waals surface area contributed by atoms with Gasteiger partial charge in [0, 0.05) is 56.6 Å². The molecule has 0 radical (unpaired) electrons. The maximum absolute atomic E-state index is 13.2. The molecule has 0 aliphatic carbocycles. The number of carbonyl (C=O) groups is 1. The summed E-state index contributed by atoms with van der Waals surface area (Å²) in [6.07, 6.45) is 2.00. The number of anilines is 1. The molecule has 2 fully saturated rings. The number of rotatable bonds is 5. The van der Waals surface area contributed by atoms with Gasteiger partial charge in [0.15, 0.2) is 0 Å². The van der Waals surface area contributed by atoms with Crippen molar-refractivity contribution in [3.8, 4) is 0 Å². The largest absolute Gasteiger partial charge is 0.384 e. The van der Waals surface area contributed by atoms with Crippen molar-refractivity contribution in [3.05, 3.63) is 29.8 Å². The first-order valence-corrected chi connectivity index (χ1v) is 9.44. The lowest BCUT2D eigenvalue weighted by atomic mass is 9.99. The van der Waals surface area contributed by atoms with E-state index >= 15 is 0 Å². The fourth-order valence-corrected chi connectivity index (χ4v) is 4.02. The van der Waals surface area contributed by atoms with E-state index in [2.05, 4.69) is 11.8 Å². The zero-order valence-electron chi connectivity index (χ0n) is 15.5. The van der Waals surface area contributed by atoms with E-state index in [1.807, 2.05) is 28.0 Å². The molecule has 1 atom stereocenters. The standard InChI is InChI=1S/C19H30N6O/c1-14-12-24(16-5-8-23(9-6-16)10-7-20)19(26)25(13-14)17-4-2-3-15(11-17)18(21)22/h2-4,11,14,16H,5-10,12-13,20H2,1H3,(H3,21,22). The van der Waals surface area contributed by atoms with Crippen LogP contribution in [0.15, 0.2) is 24.3 Å². The normalized spacial score (nSPS) is 22.7. The lowest BCUT2D eigenvalue weighted by Crippen LogP contribution is -2.58. The Morgan fingerprint density at radius 3 is 2.65 bits per heavy atom. The van der Waals surface area contributed by atoms with Crippen molar-refractivity contribution in [2.24, 2.45) is 17.4 Å². The number of nitrogens with one attached hydrogen (secondary N) is 1. The number of amidine groups is 1. The molecule has 1 unspecified atom stereocenters. The monoisotopic (exact) mass is 358 g/mol. The lowest BCUT2D eigenvalue weighted by molar-refractivity contribution is 0.107. The summed E-state index contributed by atoms with van der Waals surface area (Å²) in [6, 6.07) is 7.77. The number of amides is 2. The minimum Gasteiger partial charge on any atom is -0.384 e. The third-order valence-electron chi connectivity index (χ3n) is 5.39. The Morgan fingerprint density at radius 1 is 1.27 bits per heavy atom. The van der Waals surface area contributed by atoms with Gasteiger partial charge >= 0.3 is 6.03 Å². The summed E-state index contributed by atoms with van der Waals surface area (Å²) in [5.41, 5.74) is 12.7. The van der Waals surface area contributed by atoms with Crippen LogP contribution in [0.5, 0.6) is 0 Å². The second-order valence-electron chi connectivity index (χ2n) is 7.48. The highest BCUT2D eigenvalue weighted by Gasteiger charge is 2.36. The van der Waals surface area contributed by atoms with Crippen molar-refractivity contribution in [1.29, 1.82) is 5.41 Å². The summed E-state index contributed by atoms with van der Waals surface area (Å²) >= 11 is 0. The fraction of sp³-hybridized carbons (Fsp3) is 0.579. The molecule has 7 nitrogen and oxygen atoms in total. The average molecular weight is 358 g/mol. The molecule has 2 heterocycles. The van der Waals surface area contributed by atoms with E-state index in [4.69, 9.17) is 16.9 Å². The minimum absolute atomic E-state index is 0.0217. The summed E-state index contributed by atoms with van der Waals surface area (Å²) in [5.74, 6) is 0.421. The smallest absolute Gasteiger partial charge is 0.324 e. The van der Waals surface area contributed by atoms with E-state index in [1.165, 1.54) is 0 Å². The fourth-order valence-electron chi connectivity index (χ4n) is 4.02. The van der Waals surface area contributed by atoms with E-state index in [1.54, 1.807) is 6.07 Å². The second-order valence-corrected chi connectivity index (χ2v) is 7.48.